The highest BCUT2D eigenvalue weighted by atomic mass is 16.5. The molecule has 0 radical (unpaired) electrons. The van der Waals surface area contributed by atoms with E-state index >= 15 is 0 Å². The second-order valence-corrected chi connectivity index (χ2v) is 3.52. The van der Waals surface area contributed by atoms with Crippen LogP contribution >= 0.6 is 0 Å². The fraction of sp³-hybridized carbons (Fsp3) is 0.273. The molecular formula is C11H12N2O3. The summed E-state index contributed by atoms with van der Waals surface area (Å²) in [7, 11) is 1.35. The average Bonchev–Trinajstić information content (AvgIpc) is 2.58. The van der Waals surface area contributed by atoms with E-state index in [2.05, 4.69) is 9.72 Å². The summed E-state index contributed by atoms with van der Waals surface area (Å²) in [6.45, 7) is 1.80. The number of aryl methyl sites for hydroxylation is 1. The van der Waals surface area contributed by atoms with E-state index in [1.807, 2.05) is 6.07 Å². The van der Waals surface area contributed by atoms with Crippen LogP contribution in [0.3, 0.4) is 0 Å². The van der Waals surface area contributed by atoms with E-state index in [0.717, 1.165) is 21.6 Å². The Kier molecular flexibility index (Phi) is 2.52. The predicted octanol–water partition coefficient (Wildman–Crippen LogP) is 1.25. The summed E-state index contributed by atoms with van der Waals surface area (Å²) in [5, 5.41) is 9.54. The molecule has 0 aliphatic carbocycles. The van der Waals surface area contributed by atoms with Crippen molar-refractivity contribution in [2.75, 3.05) is 7.11 Å². The Morgan fingerprint density at radius 3 is 3.06 bits per heavy atom. The highest BCUT2D eigenvalue weighted by molar-refractivity contribution is 5.78. The Morgan fingerprint density at radius 2 is 2.38 bits per heavy atom. The van der Waals surface area contributed by atoms with Crippen LogP contribution in [0.15, 0.2) is 18.3 Å². The lowest BCUT2D eigenvalue weighted by Crippen LogP contribution is -2.06. The van der Waals surface area contributed by atoms with Crippen LogP contribution in [-0.2, 0) is 16.0 Å². The van der Waals surface area contributed by atoms with E-state index in [-0.39, 0.29) is 12.4 Å². The van der Waals surface area contributed by atoms with Crippen LogP contribution < -0.4 is 0 Å². The van der Waals surface area contributed by atoms with Crippen molar-refractivity contribution in [3.8, 4) is 11.4 Å². The summed E-state index contributed by atoms with van der Waals surface area (Å²) >= 11 is 0. The zero-order valence-corrected chi connectivity index (χ0v) is 9.10. The van der Waals surface area contributed by atoms with Gasteiger partial charge in [-0.1, -0.05) is 0 Å². The molecule has 16 heavy (non-hydrogen) atoms. The minimum absolute atomic E-state index is 0.169. The smallest absolute Gasteiger partial charge is 0.310 e. The van der Waals surface area contributed by atoms with Gasteiger partial charge in [-0.05, 0) is 24.6 Å². The maximum absolute atomic E-state index is 11.2. The fourth-order valence-corrected chi connectivity index (χ4v) is 1.70. The molecule has 84 valence electrons. The summed E-state index contributed by atoms with van der Waals surface area (Å²) in [5.41, 5.74) is 2.30. The molecule has 0 spiro atoms. The molecular weight excluding hydrogens is 208 g/mol. The molecule has 2 aliphatic rings. The van der Waals surface area contributed by atoms with Crippen LogP contribution in [0.4, 0.5) is 0 Å². The highest BCUT2D eigenvalue weighted by Crippen LogP contribution is 2.27. The first-order valence-corrected chi connectivity index (χ1v) is 4.86. The molecule has 0 unspecified atom stereocenters. The Balaban J connectivity index is 2.49. The minimum Gasteiger partial charge on any atom is -0.469 e. The molecule has 2 rings (SSSR count). The molecule has 1 N–H and O–H groups in total. The van der Waals surface area contributed by atoms with Gasteiger partial charge in [-0.25, -0.2) is 4.98 Å². The molecule has 0 atom stereocenters. The number of nitrogens with zero attached hydrogens (tertiary/aromatic N) is 2. The third-order valence-electron chi connectivity index (χ3n) is 2.53. The lowest BCUT2D eigenvalue weighted by atomic mass is 10.1. The zero-order chi connectivity index (χ0) is 11.7. The van der Waals surface area contributed by atoms with Crippen molar-refractivity contribution in [1.29, 1.82) is 0 Å². The molecule has 0 aromatic carbocycles. The summed E-state index contributed by atoms with van der Waals surface area (Å²) in [4.78, 5) is 15.4. The quantitative estimate of drug-likeness (QED) is 0.611. The number of aromatic nitrogens is 2. The largest absolute Gasteiger partial charge is 0.469 e. The van der Waals surface area contributed by atoms with Gasteiger partial charge in [0.1, 0.15) is 0 Å². The van der Waals surface area contributed by atoms with Gasteiger partial charge >= 0.3 is 5.97 Å². The summed E-state index contributed by atoms with van der Waals surface area (Å²) in [6.07, 6.45) is 1.67. The van der Waals surface area contributed by atoms with Crippen molar-refractivity contribution in [2.45, 2.75) is 13.3 Å². The van der Waals surface area contributed by atoms with Crippen LogP contribution in [0.1, 0.15) is 11.3 Å². The Bertz CT molecular complexity index is 504. The summed E-state index contributed by atoms with van der Waals surface area (Å²) < 4.78 is 5.57. The van der Waals surface area contributed by atoms with Crippen molar-refractivity contribution >= 4 is 5.97 Å². The van der Waals surface area contributed by atoms with Gasteiger partial charge < -0.3 is 9.94 Å². The molecule has 0 bridgehead atoms. The molecule has 5 nitrogen and oxygen atoms in total. The van der Waals surface area contributed by atoms with Crippen molar-refractivity contribution in [3.05, 3.63) is 29.6 Å². The topological polar surface area (TPSA) is 64.3 Å². The molecule has 0 amide bonds. The van der Waals surface area contributed by atoms with Gasteiger partial charge in [-0.3, -0.25) is 4.79 Å². The summed E-state index contributed by atoms with van der Waals surface area (Å²) in [6, 6.07) is 3.52. The Labute approximate surface area is 92.6 Å². The molecule has 0 saturated heterocycles. The highest BCUT2D eigenvalue weighted by Gasteiger charge is 2.20. The van der Waals surface area contributed by atoms with Crippen molar-refractivity contribution in [3.63, 3.8) is 0 Å². The van der Waals surface area contributed by atoms with E-state index in [1.54, 1.807) is 13.0 Å². The number of hydrogen-bond acceptors (Lipinski definition) is 4. The molecule has 0 fully saturated rings. The van der Waals surface area contributed by atoms with Gasteiger partial charge in [0.25, 0.3) is 0 Å². The molecule has 2 heterocycles. The number of hydrogen-bond donors (Lipinski definition) is 1. The van der Waals surface area contributed by atoms with E-state index in [4.69, 9.17) is 0 Å². The van der Waals surface area contributed by atoms with E-state index in [9.17, 15) is 10.0 Å². The van der Waals surface area contributed by atoms with Crippen molar-refractivity contribution < 1.29 is 14.7 Å². The van der Waals surface area contributed by atoms with Gasteiger partial charge in [0.05, 0.1) is 13.5 Å². The Hall–Kier alpha value is -2.04. The van der Waals surface area contributed by atoms with E-state index < -0.39 is 0 Å². The van der Waals surface area contributed by atoms with Crippen LogP contribution in [0, 0.1) is 6.92 Å². The number of rotatable bonds is 2. The van der Waals surface area contributed by atoms with E-state index in [0.29, 0.717) is 5.82 Å². The minimum atomic E-state index is -0.314. The van der Waals surface area contributed by atoms with Gasteiger partial charge in [0.2, 0.25) is 0 Å². The van der Waals surface area contributed by atoms with Crippen LogP contribution in [0.25, 0.3) is 11.4 Å². The lowest BCUT2D eigenvalue weighted by Gasteiger charge is -2.05. The van der Waals surface area contributed by atoms with Crippen LogP contribution in [0.5, 0.6) is 0 Å². The third-order valence-corrected chi connectivity index (χ3v) is 2.53. The Morgan fingerprint density at radius 1 is 1.62 bits per heavy atom. The van der Waals surface area contributed by atoms with Gasteiger partial charge in [-0.15, -0.1) is 0 Å². The number of carbonyl (C=O) groups is 1. The average molecular weight is 220 g/mol. The van der Waals surface area contributed by atoms with Crippen molar-refractivity contribution in [1.82, 2.24) is 9.71 Å². The predicted molar refractivity (Wildman–Crippen MR) is 56.5 cm³/mol. The first kappa shape index (κ1) is 10.5. The lowest BCUT2D eigenvalue weighted by molar-refractivity contribution is -0.139. The van der Waals surface area contributed by atoms with Crippen molar-refractivity contribution in [2.24, 2.45) is 0 Å². The monoisotopic (exact) mass is 220 g/mol. The van der Waals surface area contributed by atoms with Gasteiger partial charge in [-0.2, -0.15) is 4.73 Å². The molecule has 2 aliphatic heterocycles. The molecule has 0 aromatic heterocycles. The summed E-state index contributed by atoms with van der Waals surface area (Å²) in [5.74, 6) is 0.143. The van der Waals surface area contributed by atoms with Crippen LogP contribution in [-0.4, -0.2) is 28.0 Å². The second kappa shape index (κ2) is 3.84. The molecule has 0 saturated carbocycles. The zero-order valence-electron chi connectivity index (χ0n) is 9.10. The number of ether oxygens (including phenoxy) is 1. The normalized spacial score (nSPS) is 10.6. The van der Waals surface area contributed by atoms with Gasteiger partial charge in [0.15, 0.2) is 5.82 Å². The maximum Gasteiger partial charge on any atom is 0.310 e. The maximum atomic E-state index is 11.2. The number of carbonyl (C=O) groups excluding carboxylic acids is 1. The standard InChI is InChI=1S/C11H12N2O3/c1-7-9(6-10(14)16-2)8-4-3-5-13(15)11(8)12-7/h3-5,15H,6H2,1-2H3. The first-order valence-electron chi connectivity index (χ1n) is 4.86. The second-order valence-electron chi connectivity index (χ2n) is 3.52. The molecule has 5 heteroatoms. The fourth-order valence-electron chi connectivity index (χ4n) is 1.70. The number of methoxy groups -OCH3 is 1. The SMILES string of the molecule is COC(=O)Cc1c2cccn(O)c-2nc1C. The number of fused-ring (bicyclic) bond motifs is 1. The van der Waals surface area contributed by atoms with Crippen LogP contribution in [0.2, 0.25) is 0 Å². The van der Waals surface area contributed by atoms with E-state index in [1.165, 1.54) is 13.3 Å². The van der Waals surface area contributed by atoms with Gasteiger partial charge in [0, 0.05) is 17.5 Å². The number of pyridine rings is 1. The third kappa shape index (κ3) is 1.60. The first-order chi connectivity index (χ1) is 7.63. The molecule has 0 aromatic rings. The number of esters is 1.